The molecule has 2 atom stereocenters. The van der Waals surface area contributed by atoms with E-state index in [2.05, 4.69) is 24.1 Å². The minimum Gasteiger partial charge on any atom is -0.448 e. The van der Waals surface area contributed by atoms with Crippen molar-refractivity contribution in [3.63, 3.8) is 0 Å². The third-order valence-electron chi connectivity index (χ3n) is 5.03. The molecule has 0 unspecified atom stereocenters. The average molecular weight is 406 g/mol. The molecule has 0 radical (unpaired) electrons. The van der Waals surface area contributed by atoms with Gasteiger partial charge in [0.15, 0.2) is 11.8 Å². The van der Waals surface area contributed by atoms with Crippen LogP contribution in [0.1, 0.15) is 54.9 Å². The van der Waals surface area contributed by atoms with Crippen LogP contribution in [0.15, 0.2) is 59.0 Å². The Kier molecular flexibility index (Phi) is 6.67. The number of carbonyl (C=O) groups is 2. The SMILES string of the molecule is CC[C@@H](C)c1ccccc1NC(=O)[C@@H](C)OC(=O)c1nc(-c2ccccc2)oc1C. The Bertz CT molecular complexity index is 1030. The number of anilines is 1. The van der Waals surface area contributed by atoms with Crippen molar-refractivity contribution in [2.24, 2.45) is 0 Å². The Hall–Kier alpha value is -3.41. The lowest BCUT2D eigenvalue weighted by atomic mass is 9.97. The first-order valence-corrected chi connectivity index (χ1v) is 10.0. The van der Waals surface area contributed by atoms with Crippen molar-refractivity contribution in [3.8, 4) is 11.5 Å². The number of nitrogens with one attached hydrogen (secondary N) is 1. The van der Waals surface area contributed by atoms with Gasteiger partial charge in [0.2, 0.25) is 5.89 Å². The number of benzene rings is 2. The first-order chi connectivity index (χ1) is 14.4. The Morgan fingerprint density at radius 2 is 1.73 bits per heavy atom. The number of ether oxygens (including phenoxy) is 1. The summed E-state index contributed by atoms with van der Waals surface area (Å²) in [7, 11) is 0. The van der Waals surface area contributed by atoms with E-state index in [0.29, 0.717) is 17.6 Å². The molecule has 30 heavy (non-hydrogen) atoms. The van der Waals surface area contributed by atoms with E-state index in [4.69, 9.17) is 9.15 Å². The molecule has 0 fully saturated rings. The van der Waals surface area contributed by atoms with Gasteiger partial charge in [-0.2, -0.15) is 0 Å². The highest BCUT2D eigenvalue weighted by Gasteiger charge is 2.25. The first kappa shape index (κ1) is 21.3. The van der Waals surface area contributed by atoms with E-state index in [1.807, 2.05) is 54.6 Å². The minimum absolute atomic E-state index is 0.0634. The Morgan fingerprint density at radius 1 is 1.07 bits per heavy atom. The van der Waals surface area contributed by atoms with Gasteiger partial charge in [-0.05, 0) is 49.9 Å². The van der Waals surface area contributed by atoms with E-state index in [1.54, 1.807) is 6.92 Å². The van der Waals surface area contributed by atoms with Crippen molar-refractivity contribution in [2.45, 2.75) is 46.1 Å². The average Bonchev–Trinajstić information content (AvgIpc) is 3.16. The highest BCUT2D eigenvalue weighted by atomic mass is 16.5. The smallest absolute Gasteiger partial charge is 0.361 e. The highest BCUT2D eigenvalue weighted by molar-refractivity contribution is 5.97. The summed E-state index contributed by atoms with van der Waals surface area (Å²) in [6.45, 7) is 7.37. The molecule has 2 aromatic carbocycles. The number of amides is 1. The zero-order valence-corrected chi connectivity index (χ0v) is 17.6. The number of carbonyl (C=O) groups excluding carboxylic acids is 2. The van der Waals surface area contributed by atoms with Gasteiger partial charge < -0.3 is 14.5 Å². The number of para-hydroxylation sites is 1. The molecule has 0 saturated heterocycles. The second-order valence-corrected chi connectivity index (χ2v) is 7.22. The van der Waals surface area contributed by atoms with Gasteiger partial charge in [-0.15, -0.1) is 0 Å². The van der Waals surface area contributed by atoms with Crippen LogP contribution in [0, 0.1) is 6.92 Å². The predicted octanol–water partition coefficient (Wildman–Crippen LogP) is 5.35. The summed E-state index contributed by atoms with van der Waals surface area (Å²) in [6.07, 6.45) is -0.0363. The molecule has 1 N–H and O–H groups in total. The molecule has 3 aromatic rings. The van der Waals surface area contributed by atoms with Crippen molar-refractivity contribution < 1.29 is 18.7 Å². The van der Waals surface area contributed by atoms with Gasteiger partial charge in [0.25, 0.3) is 5.91 Å². The molecule has 1 amide bonds. The van der Waals surface area contributed by atoms with Gasteiger partial charge in [0.05, 0.1) is 0 Å². The fourth-order valence-electron chi connectivity index (χ4n) is 3.05. The maximum Gasteiger partial charge on any atom is 0.361 e. The predicted molar refractivity (Wildman–Crippen MR) is 115 cm³/mol. The molecule has 1 aromatic heterocycles. The third kappa shape index (κ3) is 4.76. The van der Waals surface area contributed by atoms with Crippen LogP contribution in [0.25, 0.3) is 11.5 Å². The van der Waals surface area contributed by atoms with Gasteiger partial charge in [-0.25, -0.2) is 9.78 Å². The van der Waals surface area contributed by atoms with Crippen molar-refractivity contribution >= 4 is 17.6 Å². The molecule has 156 valence electrons. The van der Waals surface area contributed by atoms with Crippen molar-refractivity contribution in [3.05, 3.63) is 71.6 Å². The van der Waals surface area contributed by atoms with E-state index in [9.17, 15) is 9.59 Å². The van der Waals surface area contributed by atoms with Crippen LogP contribution in [0.5, 0.6) is 0 Å². The number of nitrogens with zero attached hydrogens (tertiary/aromatic N) is 1. The van der Waals surface area contributed by atoms with E-state index < -0.39 is 18.0 Å². The normalized spacial score (nSPS) is 12.8. The minimum atomic E-state index is -0.987. The molecule has 0 saturated carbocycles. The molecule has 0 aliphatic carbocycles. The van der Waals surface area contributed by atoms with Gasteiger partial charge in [0, 0.05) is 11.3 Å². The highest BCUT2D eigenvalue weighted by Crippen LogP contribution is 2.27. The molecular formula is C24H26N2O4. The molecule has 1 heterocycles. The number of esters is 1. The van der Waals surface area contributed by atoms with Crippen molar-refractivity contribution in [1.29, 1.82) is 0 Å². The van der Waals surface area contributed by atoms with Gasteiger partial charge in [0.1, 0.15) is 5.76 Å². The maximum atomic E-state index is 12.6. The lowest BCUT2D eigenvalue weighted by Crippen LogP contribution is -2.30. The number of aryl methyl sites for hydroxylation is 1. The Labute approximate surface area is 176 Å². The summed E-state index contributed by atoms with van der Waals surface area (Å²) in [4.78, 5) is 29.4. The van der Waals surface area contributed by atoms with Crippen LogP contribution in [0.2, 0.25) is 0 Å². The zero-order chi connectivity index (χ0) is 21.7. The summed E-state index contributed by atoms with van der Waals surface area (Å²) >= 11 is 0. The summed E-state index contributed by atoms with van der Waals surface area (Å²) in [5.74, 6) is -0.124. The van der Waals surface area contributed by atoms with Crippen molar-refractivity contribution in [1.82, 2.24) is 4.98 Å². The van der Waals surface area contributed by atoms with Crippen LogP contribution in [-0.4, -0.2) is 23.0 Å². The van der Waals surface area contributed by atoms with E-state index >= 15 is 0 Å². The molecule has 3 rings (SSSR count). The number of hydrogen-bond acceptors (Lipinski definition) is 5. The van der Waals surface area contributed by atoms with Gasteiger partial charge in [-0.3, -0.25) is 4.79 Å². The zero-order valence-electron chi connectivity index (χ0n) is 17.6. The quantitative estimate of drug-likeness (QED) is 0.535. The molecule has 6 heteroatoms. The maximum absolute atomic E-state index is 12.6. The van der Waals surface area contributed by atoms with E-state index in [1.165, 1.54) is 6.92 Å². The van der Waals surface area contributed by atoms with E-state index in [-0.39, 0.29) is 5.69 Å². The summed E-state index contributed by atoms with van der Waals surface area (Å²) in [5, 5.41) is 2.87. The summed E-state index contributed by atoms with van der Waals surface area (Å²) in [6, 6.07) is 16.9. The standard InChI is InChI=1S/C24H26N2O4/c1-5-15(2)19-13-9-10-14-20(19)25-22(27)17(4)30-24(28)21-16(3)29-23(26-21)18-11-7-6-8-12-18/h6-15,17H,5H2,1-4H3,(H,25,27)/t15-,17-/m1/s1. The van der Waals surface area contributed by atoms with Crippen LogP contribution >= 0.6 is 0 Å². The fraction of sp³-hybridized carbons (Fsp3) is 0.292. The molecule has 6 nitrogen and oxygen atoms in total. The number of rotatable bonds is 7. The van der Waals surface area contributed by atoms with E-state index in [0.717, 1.165) is 23.2 Å². The lowest BCUT2D eigenvalue weighted by Gasteiger charge is -2.18. The lowest BCUT2D eigenvalue weighted by molar-refractivity contribution is -0.123. The van der Waals surface area contributed by atoms with Crippen LogP contribution in [-0.2, 0) is 9.53 Å². The topological polar surface area (TPSA) is 81.4 Å². The van der Waals surface area contributed by atoms with Crippen molar-refractivity contribution in [2.75, 3.05) is 5.32 Å². The third-order valence-corrected chi connectivity index (χ3v) is 5.03. The fourth-order valence-corrected chi connectivity index (χ4v) is 3.05. The number of hydrogen-bond donors (Lipinski definition) is 1. The Balaban J connectivity index is 1.69. The molecular weight excluding hydrogens is 380 g/mol. The largest absolute Gasteiger partial charge is 0.448 e. The van der Waals surface area contributed by atoms with Crippen LogP contribution in [0.4, 0.5) is 5.69 Å². The molecule has 0 bridgehead atoms. The van der Waals surface area contributed by atoms with Crippen LogP contribution < -0.4 is 5.32 Å². The molecule has 0 spiro atoms. The Morgan fingerprint density at radius 3 is 2.43 bits per heavy atom. The second-order valence-electron chi connectivity index (χ2n) is 7.22. The van der Waals surface area contributed by atoms with Crippen LogP contribution in [0.3, 0.4) is 0 Å². The monoisotopic (exact) mass is 406 g/mol. The summed E-state index contributed by atoms with van der Waals surface area (Å²) < 4.78 is 11.0. The van der Waals surface area contributed by atoms with Gasteiger partial charge in [-0.1, -0.05) is 50.2 Å². The summed E-state index contributed by atoms with van der Waals surface area (Å²) in [5.41, 5.74) is 2.59. The first-order valence-electron chi connectivity index (χ1n) is 10.0. The molecule has 0 aliphatic rings. The number of oxazole rings is 1. The number of aromatic nitrogens is 1. The second kappa shape index (κ2) is 9.39. The van der Waals surface area contributed by atoms with Gasteiger partial charge >= 0.3 is 5.97 Å². The molecule has 0 aliphatic heterocycles.